The van der Waals surface area contributed by atoms with E-state index in [1.54, 1.807) is 0 Å². The maximum Gasteiger partial charge on any atom is 0.0311 e. The lowest BCUT2D eigenvalue weighted by molar-refractivity contribution is 0.642. The van der Waals surface area contributed by atoms with Crippen molar-refractivity contribution >= 4 is 15.9 Å². The van der Waals surface area contributed by atoms with E-state index < -0.39 is 0 Å². The van der Waals surface area contributed by atoms with Gasteiger partial charge < -0.3 is 0 Å². The fraction of sp³-hybridized carbons (Fsp3) is 0.250. The Morgan fingerprint density at radius 1 is 0.824 bits per heavy atom. The van der Waals surface area contributed by atoms with Gasteiger partial charge in [0.05, 0.1) is 0 Å². The molecule has 0 aliphatic heterocycles. The largest absolute Gasteiger partial charge is 0.0849 e. The van der Waals surface area contributed by atoms with Gasteiger partial charge in [0.25, 0.3) is 0 Å². The molecular formula is C16H15Br. The zero-order valence-electron chi connectivity index (χ0n) is 10.1. The number of halogens is 1. The van der Waals surface area contributed by atoms with Crippen LogP contribution in [0.25, 0.3) is 11.1 Å². The molecule has 0 heterocycles. The quantitative estimate of drug-likeness (QED) is 0.649. The number of benzene rings is 2. The van der Waals surface area contributed by atoms with E-state index in [4.69, 9.17) is 0 Å². The van der Waals surface area contributed by atoms with Crippen molar-refractivity contribution in [1.82, 2.24) is 0 Å². The molecule has 17 heavy (non-hydrogen) atoms. The van der Waals surface area contributed by atoms with Crippen molar-refractivity contribution in [2.24, 2.45) is 0 Å². The highest BCUT2D eigenvalue weighted by atomic mass is 79.9. The molecule has 86 valence electrons. The number of fused-ring (bicyclic) bond motifs is 3. The lowest BCUT2D eigenvalue weighted by atomic mass is 9.86. The predicted molar refractivity (Wildman–Crippen MR) is 76.7 cm³/mol. The van der Waals surface area contributed by atoms with E-state index in [1.807, 2.05) is 0 Å². The molecule has 0 spiro atoms. The Hall–Kier alpha value is -1.08. The Bertz CT molecular complexity index is 518. The van der Waals surface area contributed by atoms with Crippen LogP contribution in [0.2, 0.25) is 0 Å². The van der Waals surface area contributed by atoms with Crippen LogP contribution >= 0.6 is 15.9 Å². The highest BCUT2D eigenvalue weighted by Gasteiger charge is 2.37. The van der Waals surface area contributed by atoms with E-state index in [0.29, 0.717) is 5.92 Å². The fourth-order valence-corrected chi connectivity index (χ4v) is 3.39. The van der Waals surface area contributed by atoms with Gasteiger partial charge in [0.15, 0.2) is 0 Å². The first-order valence-corrected chi connectivity index (χ1v) is 6.75. The molecule has 0 unspecified atom stereocenters. The molecular weight excluding hydrogens is 272 g/mol. The lowest BCUT2D eigenvalue weighted by Gasteiger charge is -2.27. The van der Waals surface area contributed by atoms with Crippen LogP contribution in [-0.4, -0.2) is 4.32 Å². The maximum atomic E-state index is 3.85. The van der Waals surface area contributed by atoms with E-state index in [9.17, 15) is 0 Å². The minimum absolute atomic E-state index is 0.0791. The molecule has 2 aromatic rings. The van der Waals surface area contributed by atoms with Crippen molar-refractivity contribution in [3.8, 4) is 11.1 Å². The lowest BCUT2D eigenvalue weighted by Crippen LogP contribution is -2.21. The third kappa shape index (κ3) is 1.64. The molecule has 0 bridgehead atoms. The molecule has 3 rings (SSSR count). The van der Waals surface area contributed by atoms with Gasteiger partial charge in [-0.1, -0.05) is 64.5 Å². The van der Waals surface area contributed by atoms with Gasteiger partial charge >= 0.3 is 0 Å². The molecule has 1 aliphatic carbocycles. The van der Waals surface area contributed by atoms with Crippen molar-refractivity contribution in [2.75, 3.05) is 0 Å². The van der Waals surface area contributed by atoms with Crippen LogP contribution in [0.1, 0.15) is 30.9 Å². The van der Waals surface area contributed by atoms with E-state index in [0.717, 1.165) is 0 Å². The Morgan fingerprint density at radius 2 is 1.24 bits per heavy atom. The van der Waals surface area contributed by atoms with Crippen LogP contribution in [0, 0.1) is 0 Å². The molecule has 0 aromatic heterocycles. The summed E-state index contributed by atoms with van der Waals surface area (Å²) in [6.45, 7) is 4.49. The van der Waals surface area contributed by atoms with Crippen LogP contribution in [0.5, 0.6) is 0 Å². The van der Waals surface area contributed by atoms with E-state index in [1.165, 1.54) is 22.3 Å². The number of alkyl halides is 1. The number of rotatable bonds is 1. The average molecular weight is 287 g/mol. The summed E-state index contributed by atoms with van der Waals surface area (Å²) in [5.74, 6) is 0.440. The molecule has 0 amide bonds. The Labute approximate surface area is 111 Å². The highest BCUT2D eigenvalue weighted by Crippen LogP contribution is 2.51. The SMILES string of the molecule is CC(C)(Br)C1c2ccccc2-c2ccccc21. The summed E-state index contributed by atoms with van der Waals surface area (Å²) in [5.41, 5.74) is 5.66. The molecule has 0 saturated carbocycles. The van der Waals surface area contributed by atoms with Gasteiger partial charge in [-0.2, -0.15) is 0 Å². The van der Waals surface area contributed by atoms with Gasteiger partial charge in [-0.15, -0.1) is 0 Å². The Balaban J connectivity index is 2.31. The van der Waals surface area contributed by atoms with Crippen LogP contribution in [-0.2, 0) is 0 Å². The average Bonchev–Trinajstić information content (AvgIpc) is 2.63. The van der Waals surface area contributed by atoms with E-state index in [-0.39, 0.29) is 4.32 Å². The van der Waals surface area contributed by atoms with Gasteiger partial charge in [0.1, 0.15) is 0 Å². The first-order valence-electron chi connectivity index (χ1n) is 5.96. The second kappa shape index (κ2) is 3.71. The zero-order valence-corrected chi connectivity index (χ0v) is 11.7. The minimum Gasteiger partial charge on any atom is -0.0849 e. The zero-order chi connectivity index (χ0) is 12.0. The normalized spacial score (nSPS) is 14.5. The van der Waals surface area contributed by atoms with Gasteiger partial charge in [-0.05, 0) is 36.1 Å². The summed E-state index contributed by atoms with van der Waals surface area (Å²) >= 11 is 3.85. The summed E-state index contributed by atoms with van der Waals surface area (Å²) < 4.78 is 0.0791. The minimum atomic E-state index is 0.0791. The third-order valence-corrected chi connectivity index (χ3v) is 3.98. The Morgan fingerprint density at radius 3 is 1.65 bits per heavy atom. The summed E-state index contributed by atoms with van der Waals surface area (Å²) in [5, 5.41) is 0. The summed E-state index contributed by atoms with van der Waals surface area (Å²) in [4.78, 5) is 0. The molecule has 1 aliphatic rings. The second-order valence-corrected chi connectivity index (χ2v) is 7.22. The van der Waals surface area contributed by atoms with Crippen molar-refractivity contribution in [2.45, 2.75) is 24.1 Å². The summed E-state index contributed by atoms with van der Waals surface area (Å²) in [6.07, 6.45) is 0. The smallest absolute Gasteiger partial charge is 0.0311 e. The monoisotopic (exact) mass is 286 g/mol. The standard InChI is InChI=1S/C16H15Br/c1-16(2,17)15-13-9-5-3-7-11(13)12-8-4-6-10-14(12)15/h3-10,15H,1-2H3. The molecule has 0 radical (unpaired) electrons. The molecule has 0 N–H and O–H groups in total. The van der Waals surface area contributed by atoms with Crippen molar-refractivity contribution in [1.29, 1.82) is 0 Å². The van der Waals surface area contributed by atoms with E-state index >= 15 is 0 Å². The van der Waals surface area contributed by atoms with Gasteiger partial charge in [0, 0.05) is 10.2 Å². The van der Waals surface area contributed by atoms with Crippen molar-refractivity contribution in [3.05, 3.63) is 59.7 Å². The molecule has 2 aromatic carbocycles. The third-order valence-electron chi connectivity index (χ3n) is 3.52. The fourth-order valence-electron chi connectivity index (χ4n) is 2.90. The van der Waals surface area contributed by atoms with Crippen LogP contribution in [0.15, 0.2) is 48.5 Å². The topological polar surface area (TPSA) is 0 Å². The van der Waals surface area contributed by atoms with E-state index in [2.05, 4.69) is 78.3 Å². The van der Waals surface area contributed by atoms with Crippen LogP contribution in [0.3, 0.4) is 0 Å². The van der Waals surface area contributed by atoms with Crippen LogP contribution < -0.4 is 0 Å². The molecule has 0 atom stereocenters. The summed E-state index contributed by atoms with van der Waals surface area (Å²) in [6, 6.07) is 17.5. The number of hydrogen-bond acceptors (Lipinski definition) is 0. The molecule has 0 saturated heterocycles. The molecule has 0 nitrogen and oxygen atoms in total. The van der Waals surface area contributed by atoms with Gasteiger partial charge in [-0.25, -0.2) is 0 Å². The van der Waals surface area contributed by atoms with Gasteiger partial charge in [-0.3, -0.25) is 0 Å². The maximum absolute atomic E-state index is 3.85. The number of hydrogen-bond donors (Lipinski definition) is 0. The van der Waals surface area contributed by atoms with Crippen molar-refractivity contribution in [3.63, 3.8) is 0 Å². The Kier molecular flexibility index (Phi) is 2.41. The van der Waals surface area contributed by atoms with Gasteiger partial charge in [0.2, 0.25) is 0 Å². The second-order valence-electron chi connectivity index (χ2n) is 5.17. The molecule has 0 fully saturated rings. The first kappa shape index (κ1) is 11.0. The highest BCUT2D eigenvalue weighted by molar-refractivity contribution is 9.10. The van der Waals surface area contributed by atoms with Crippen molar-refractivity contribution < 1.29 is 0 Å². The predicted octanol–water partition coefficient (Wildman–Crippen LogP) is 4.97. The summed E-state index contributed by atoms with van der Waals surface area (Å²) in [7, 11) is 0. The molecule has 1 heteroatoms. The van der Waals surface area contributed by atoms with Crippen LogP contribution in [0.4, 0.5) is 0 Å². The first-order chi connectivity index (χ1) is 8.09.